The minimum Gasteiger partial charge on any atom is -0.291 e. The van der Waals surface area contributed by atoms with Gasteiger partial charge in [-0.2, -0.15) is 0 Å². The Morgan fingerprint density at radius 3 is 2.90 bits per heavy atom. The molecule has 1 atom stereocenters. The van der Waals surface area contributed by atoms with Crippen LogP contribution in [0, 0.1) is 5.82 Å². The Balaban J connectivity index is 2.08. The number of para-hydroxylation sites is 1. The molecule has 1 aromatic heterocycles. The molecule has 0 aliphatic carbocycles. The molecule has 0 saturated carbocycles. The van der Waals surface area contributed by atoms with Crippen molar-refractivity contribution >= 4 is 35.0 Å². The van der Waals surface area contributed by atoms with E-state index in [1.54, 1.807) is 24.5 Å². The molecule has 0 bridgehead atoms. The minimum absolute atomic E-state index is 0.137. The Bertz CT molecular complexity index is 633. The number of aromatic nitrogens is 1. The number of rotatable bonds is 2. The van der Waals surface area contributed by atoms with E-state index in [0.29, 0.717) is 5.75 Å². The van der Waals surface area contributed by atoms with Gasteiger partial charge in [-0.05, 0) is 18.2 Å². The number of hydrogen-bond donors (Lipinski definition) is 0. The minimum atomic E-state index is -0.498. The third-order valence-electron chi connectivity index (χ3n) is 3.02. The van der Waals surface area contributed by atoms with Gasteiger partial charge in [-0.15, -0.1) is 11.8 Å². The summed E-state index contributed by atoms with van der Waals surface area (Å²) in [6, 6.07) is 8.06. The molecule has 1 aliphatic rings. The molecule has 0 spiro atoms. The smallest absolute Gasteiger partial charge is 0.238 e. The Labute approximate surface area is 124 Å². The molecular weight excluding hydrogens is 299 g/mol. The third-order valence-corrected chi connectivity index (χ3v) is 4.53. The molecule has 2 heterocycles. The standard InChI is InChI=1S/C14H10ClFN2OS/c15-10-4-1-5-11(16)13(10)18-12(19)8-20-14(18)9-3-2-6-17-7-9/h1-7,14H,8H2/t14-/m0/s1. The Hall–Kier alpha value is -1.59. The summed E-state index contributed by atoms with van der Waals surface area (Å²) in [5, 5.41) is -0.0691. The van der Waals surface area contributed by atoms with E-state index >= 15 is 0 Å². The molecule has 6 heteroatoms. The molecule has 20 heavy (non-hydrogen) atoms. The lowest BCUT2D eigenvalue weighted by Gasteiger charge is -2.25. The summed E-state index contributed by atoms with van der Waals surface area (Å²) in [5.74, 6) is -0.359. The summed E-state index contributed by atoms with van der Waals surface area (Å²) in [7, 11) is 0. The molecule has 2 aromatic rings. The van der Waals surface area contributed by atoms with Crippen molar-refractivity contribution in [1.82, 2.24) is 4.98 Å². The highest BCUT2D eigenvalue weighted by Crippen LogP contribution is 2.44. The van der Waals surface area contributed by atoms with Gasteiger partial charge in [0.15, 0.2) is 0 Å². The van der Waals surface area contributed by atoms with Crippen LogP contribution in [0.25, 0.3) is 0 Å². The molecule has 3 nitrogen and oxygen atoms in total. The molecule has 0 radical (unpaired) electrons. The van der Waals surface area contributed by atoms with Crippen molar-refractivity contribution in [3.8, 4) is 0 Å². The fraction of sp³-hybridized carbons (Fsp3) is 0.143. The van der Waals surface area contributed by atoms with Gasteiger partial charge in [-0.1, -0.05) is 23.7 Å². The first-order valence-electron chi connectivity index (χ1n) is 5.96. The lowest BCUT2D eigenvalue weighted by Crippen LogP contribution is -2.29. The normalized spacial score (nSPS) is 18.6. The van der Waals surface area contributed by atoms with Crippen LogP contribution in [-0.2, 0) is 4.79 Å². The van der Waals surface area contributed by atoms with Crippen molar-refractivity contribution in [2.24, 2.45) is 0 Å². The summed E-state index contributed by atoms with van der Waals surface area (Å²) < 4.78 is 14.1. The lowest BCUT2D eigenvalue weighted by atomic mass is 10.2. The summed E-state index contributed by atoms with van der Waals surface area (Å²) in [6.45, 7) is 0. The van der Waals surface area contributed by atoms with Crippen molar-refractivity contribution < 1.29 is 9.18 Å². The molecule has 102 valence electrons. The van der Waals surface area contributed by atoms with E-state index in [1.807, 2.05) is 6.07 Å². The fourth-order valence-corrected chi connectivity index (χ4v) is 3.55. The largest absolute Gasteiger partial charge is 0.291 e. The number of anilines is 1. The van der Waals surface area contributed by atoms with Gasteiger partial charge in [-0.25, -0.2) is 4.39 Å². The highest BCUT2D eigenvalue weighted by molar-refractivity contribution is 8.00. The van der Waals surface area contributed by atoms with Crippen molar-refractivity contribution in [3.05, 3.63) is 59.1 Å². The van der Waals surface area contributed by atoms with Gasteiger partial charge in [0, 0.05) is 18.0 Å². The summed E-state index contributed by atoms with van der Waals surface area (Å²) in [5.41, 5.74) is 0.987. The predicted molar refractivity (Wildman–Crippen MR) is 78.3 cm³/mol. The van der Waals surface area contributed by atoms with E-state index in [0.717, 1.165) is 5.56 Å². The van der Waals surface area contributed by atoms with E-state index in [4.69, 9.17) is 11.6 Å². The SMILES string of the molecule is O=C1CS[C@@H](c2cccnc2)N1c1c(F)cccc1Cl. The molecule has 1 amide bonds. The first-order chi connectivity index (χ1) is 9.68. The van der Waals surface area contributed by atoms with Crippen LogP contribution >= 0.6 is 23.4 Å². The fourth-order valence-electron chi connectivity index (χ4n) is 2.15. The topological polar surface area (TPSA) is 33.2 Å². The van der Waals surface area contributed by atoms with E-state index in [2.05, 4.69) is 4.98 Å². The molecule has 1 fully saturated rings. The number of pyridine rings is 1. The van der Waals surface area contributed by atoms with Crippen LogP contribution in [0.2, 0.25) is 5.02 Å². The van der Waals surface area contributed by atoms with Gasteiger partial charge in [-0.3, -0.25) is 14.7 Å². The predicted octanol–water partition coefficient (Wildman–Crippen LogP) is 3.65. The number of thioether (sulfide) groups is 1. The van der Waals surface area contributed by atoms with Crippen molar-refractivity contribution in [2.45, 2.75) is 5.37 Å². The zero-order chi connectivity index (χ0) is 14.1. The number of benzene rings is 1. The maximum absolute atomic E-state index is 14.1. The zero-order valence-electron chi connectivity index (χ0n) is 10.3. The molecule has 0 N–H and O–H groups in total. The van der Waals surface area contributed by atoms with Gasteiger partial charge in [0.05, 0.1) is 16.5 Å². The maximum atomic E-state index is 14.1. The Morgan fingerprint density at radius 1 is 1.35 bits per heavy atom. The lowest BCUT2D eigenvalue weighted by molar-refractivity contribution is -0.115. The number of carbonyl (C=O) groups excluding carboxylic acids is 1. The quantitative estimate of drug-likeness (QED) is 0.849. The monoisotopic (exact) mass is 308 g/mol. The van der Waals surface area contributed by atoms with Gasteiger partial charge in [0.25, 0.3) is 0 Å². The number of carbonyl (C=O) groups is 1. The summed E-state index contributed by atoms with van der Waals surface area (Å²) in [6.07, 6.45) is 3.34. The Morgan fingerprint density at radius 2 is 2.20 bits per heavy atom. The van der Waals surface area contributed by atoms with E-state index in [9.17, 15) is 9.18 Å². The average Bonchev–Trinajstić information content (AvgIpc) is 2.82. The van der Waals surface area contributed by atoms with Crippen LogP contribution in [0.5, 0.6) is 0 Å². The van der Waals surface area contributed by atoms with E-state index in [-0.39, 0.29) is 22.0 Å². The summed E-state index contributed by atoms with van der Waals surface area (Å²) >= 11 is 7.50. The van der Waals surface area contributed by atoms with Crippen LogP contribution in [0.1, 0.15) is 10.9 Å². The molecule has 1 saturated heterocycles. The van der Waals surface area contributed by atoms with Crippen LogP contribution in [0.3, 0.4) is 0 Å². The number of nitrogens with zero attached hydrogens (tertiary/aromatic N) is 2. The van der Waals surface area contributed by atoms with Gasteiger partial charge < -0.3 is 0 Å². The Kier molecular flexibility index (Phi) is 3.63. The second kappa shape index (κ2) is 5.42. The highest BCUT2D eigenvalue weighted by atomic mass is 35.5. The number of amides is 1. The highest BCUT2D eigenvalue weighted by Gasteiger charge is 2.36. The van der Waals surface area contributed by atoms with Gasteiger partial charge >= 0.3 is 0 Å². The molecule has 1 aromatic carbocycles. The summed E-state index contributed by atoms with van der Waals surface area (Å²) in [4.78, 5) is 17.6. The van der Waals surface area contributed by atoms with Gasteiger partial charge in [0.1, 0.15) is 11.2 Å². The maximum Gasteiger partial charge on any atom is 0.238 e. The molecule has 1 aliphatic heterocycles. The van der Waals surface area contributed by atoms with Crippen LogP contribution in [0.4, 0.5) is 10.1 Å². The molecular formula is C14H10ClFN2OS. The van der Waals surface area contributed by atoms with Crippen LogP contribution in [0.15, 0.2) is 42.7 Å². The molecule has 3 rings (SSSR count). The van der Waals surface area contributed by atoms with Gasteiger partial charge in [0.2, 0.25) is 5.91 Å². The van der Waals surface area contributed by atoms with E-state index in [1.165, 1.54) is 28.8 Å². The van der Waals surface area contributed by atoms with E-state index < -0.39 is 5.82 Å². The zero-order valence-corrected chi connectivity index (χ0v) is 11.9. The average molecular weight is 309 g/mol. The van der Waals surface area contributed by atoms with Crippen LogP contribution < -0.4 is 4.90 Å². The number of hydrogen-bond acceptors (Lipinski definition) is 3. The first-order valence-corrected chi connectivity index (χ1v) is 7.39. The molecule has 0 unspecified atom stereocenters. The second-order valence-electron chi connectivity index (χ2n) is 4.28. The number of halogens is 2. The van der Waals surface area contributed by atoms with Crippen molar-refractivity contribution in [1.29, 1.82) is 0 Å². The van der Waals surface area contributed by atoms with Crippen molar-refractivity contribution in [2.75, 3.05) is 10.7 Å². The third kappa shape index (κ3) is 2.27. The first kappa shape index (κ1) is 13.4. The van der Waals surface area contributed by atoms with Crippen LogP contribution in [-0.4, -0.2) is 16.6 Å². The van der Waals surface area contributed by atoms with Crippen molar-refractivity contribution in [3.63, 3.8) is 0 Å². The second-order valence-corrected chi connectivity index (χ2v) is 5.76.